The predicted molar refractivity (Wildman–Crippen MR) is 269 cm³/mol. The number of rotatable bonds is 7. The van der Waals surface area contributed by atoms with Gasteiger partial charge in [-0.1, -0.05) is 170 Å². The Morgan fingerprint density at radius 1 is 0.400 bits per heavy atom. The van der Waals surface area contributed by atoms with E-state index in [0.717, 1.165) is 73.2 Å². The van der Waals surface area contributed by atoms with Crippen LogP contribution in [0.15, 0.2) is 254 Å². The zero-order valence-electron chi connectivity index (χ0n) is 35.5. The summed E-state index contributed by atoms with van der Waals surface area (Å²) in [6, 6.07) is 73.6. The fourth-order valence-electron chi connectivity index (χ4n) is 10.8. The summed E-state index contributed by atoms with van der Waals surface area (Å²) < 4.78 is 14.3. The first kappa shape index (κ1) is 37.3. The maximum atomic E-state index is 7.15. The lowest BCUT2D eigenvalue weighted by Crippen LogP contribution is -2.54. The van der Waals surface area contributed by atoms with Crippen molar-refractivity contribution in [3.8, 4) is 28.4 Å². The fraction of sp³-hybridized carbons (Fsp3) is 0.0333. The number of allylic oxidation sites excluding steroid dienone is 6. The molecule has 4 nitrogen and oxygen atoms in total. The van der Waals surface area contributed by atoms with Gasteiger partial charge in [0.1, 0.15) is 23.0 Å². The molecular weight excluding hydrogens is 791 g/mol. The Balaban J connectivity index is 1.04. The number of ether oxygens (including phenoxy) is 2. The summed E-state index contributed by atoms with van der Waals surface area (Å²) in [6.45, 7) is -0.122. The molecule has 0 saturated carbocycles. The standard InChI is InChI=1S/C60H41BN2O2/c1-4-19-40(20-5-1)42-23-16-28-45(37-42)62(43-24-6-2-7-25-43)52-38-56-58(49-32-14-12-30-47(49)52)61-59-50-33-15-13-31-48(50)53(39-57(59)65-55-36-18-35-54(64-56)60(55)61)63(44-26-8-3-9-27-44)51-34-17-22-41-21-10-11-29-46(41)51/h1-39,48,50H. The molecule has 0 radical (unpaired) electrons. The molecule has 0 amide bonds. The molecule has 13 rings (SSSR count). The van der Waals surface area contributed by atoms with E-state index in [1.165, 1.54) is 33.0 Å². The Morgan fingerprint density at radius 2 is 0.985 bits per heavy atom. The Hall–Kier alpha value is -8.28. The molecule has 2 unspecified atom stereocenters. The van der Waals surface area contributed by atoms with Crippen LogP contribution in [0.2, 0.25) is 0 Å². The summed E-state index contributed by atoms with van der Waals surface area (Å²) in [5.41, 5.74) is 12.4. The van der Waals surface area contributed by atoms with Crippen LogP contribution in [0.5, 0.6) is 17.2 Å². The van der Waals surface area contributed by atoms with Gasteiger partial charge in [0.25, 0.3) is 6.71 Å². The van der Waals surface area contributed by atoms with E-state index in [4.69, 9.17) is 9.47 Å². The summed E-state index contributed by atoms with van der Waals surface area (Å²) in [6.07, 6.45) is 11.5. The first-order chi connectivity index (χ1) is 32.3. The van der Waals surface area contributed by atoms with Gasteiger partial charge in [-0.25, -0.2) is 0 Å². The molecule has 0 fully saturated rings. The molecule has 306 valence electrons. The van der Waals surface area contributed by atoms with Crippen LogP contribution in [0, 0.1) is 11.8 Å². The van der Waals surface area contributed by atoms with Crippen LogP contribution in [0.3, 0.4) is 0 Å². The summed E-state index contributed by atoms with van der Waals surface area (Å²) in [5, 5.41) is 4.70. The van der Waals surface area contributed by atoms with Crippen molar-refractivity contribution in [2.45, 2.75) is 0 Å². The zero-order valence-corrected chi connectivity index (χ0v) is 35.5. The predicted octanol–water partition coefficient (Wildman–Crippen LogP) is 14.1. The van der Waals surface area contributed by atoms with Gasteiger partial charge in [0.15, 0.2) is 0 Å². The van der Waals surface area contributed by atoms with Gasteiger partial charge in [-0.15, -0.1) is 0 Å². The Labute approximate surface area is 379 Å². The topological polar surface area (TPSA) is 24.9 Å². The maximum absolute atomic E-state index is 7.15. The fourth-order valence-corrected chi connectivity index (χ4v) is 10.8. The number of anilines is 5. The molecule has 2 atom stereocenters. The van der Waals surface area contributed by atoms with Gasteiger partial charge in [-0.3, -0.25) is 0 Å². The van der Waals surface area contributed by atoms with Crippen molar-refractivity contribution in [2.75, 3.05) is 9.80 Å². The van der Waals surface area contributed by atoms with Gasteiger partial charge in [0, 0.05) is 63.0 Å². The van der Waals surface area contributed by atoms with Gasteiger partial charge < -0.3 is 19.3 Å². The molecule has 9 aromatic rings. The van der Waals surface area contributed by atoms with E-state index in [1.54, 1.807) is 0 Å². The number of nitrogens with zero attached hydrogens (tertiary/aromatic N) is 2. The summed E-state index contributed by atoms with van der Waals surface area (Å²) >= 11 is 0. The third kappa shape index (κ3) is 6.07. The van der Waals surface area contributed by atoms with E-state index in [2.05, 4.69) is 246 Å². The smallest absolute Gasteiger partial charge is 0.257 e. The summed E-state index contributed by atoms with van der Waals surface area (Å²) in [7, 11) is 0. The Bertz CT molecular complexity index is 3460. The van der Waals surface area contributed by atoms with Crippen molar-refractivity contribution in [2.24, 2.45) is 11.8 Å². The van der Waals surface area contributed by atoms with Crippen molar-refractivity contribution in [3.05, 3.63) is 254 Å². The molecule has 2 aliphatic heterocycles. The number of benzene rings is 9. The van der Waals surface area contributed by atoms with Crippen molar-refractivity contribution in [3.63, 3.8) is 0 Å². The number of hydrogen-bond acceptors (Lipinski definition) is 4. The first-order valence-corrected chi connectivity index (χ1v) is 22.5. The molecule has 0 bridgehead atoms. The highest BCUT2D eigenvalue weighted by atomic mass is 16.5. The normalized spacial score (nSPS) is 16.4. The van der Waals surface area contributed by atoms with Crippen molar-refractivity contribution in [1.82, 2.24) is 0 Å². The quantitative estimate of drug-likeness (QED) is 0.149. The van der Waals surface area contributed by atoms with Crippen LogP contribution in [-0.2, 0) is 0 Å². The van der Waals surface area contributed by atoms with Crippen LogP contribution in [0.1, 0.15) is 0 Å². The van der Waals surface area contributed by atoms with E-state index in [-0.39, 0.29) is 18.5 Å². The third-order valence-electron chi connectivity index (χ3n) is 13.5. The summed E-state index contributed by atoms with van der Waals surface area (Å²) in [5.74, 6) is 3.43. The van der Waals surface area contributed by atoms with Gasteiger partial charge in [0.2, 0.25) is 0 Å². The molecule has 4 aliphatic rings. The second kappa shape index (κ2) is 15.2. The molecule has 0 N–H and O–H groups in total. The average molecular weight is 833 g/mol. The van der Waals surface area contributed by atoms with Gasteiger partial charge >= 0.3 is 0 Å². The summed E-state index contributed by atoms with van der Waals surface area (Å²) in [4.78, 5) is 4.83. The second-order valence-electron chi connectivity index (χ2n) is 17.1. The highest BCUT2D eigenvalue weighted by Gasteiger charge is 2.49. The highest BCUT2D eigenvalue weighted by Crippen LogP contribution is 2.51. The Morgan fingerprint density at radius 3 is 1.77 bits per heavy atom. The molecule has 0 saturated heterocycles. The number of para-hydroxylation sites is 2. The number of hydrogen-bond donors (Lipinski definition) is 0. The minimum Gasteiger partial charge on any atom is -0.459 e. The average Bonchev–Trinajstić information content (AvgIpc) is 3.37. The molecule has 5 heteroatoms. The van der Waals surface area contributed by atoms with E-state index in [9.17, 15) is 0 Å². The van der Waals surface area contributed by atoms with Crippen LogP contribution in [-0.4, -0.2) is 6.71 Å². The van der Waals surface area contributed by atoms with Crippen LogP contribution < -0.4 is 30.2 Å². The largest absolute Gasteiger partial charge is 0.459 e. The monoisotopic (exact) mass is 832 g/mol. The van der Waals surface area contributed by atoms with Crippen LogP contribution in [0.25, 0.3) is 32.7 Å². The van der Waals surface area contributed by atoms with Crippen molar-refractivity contribution >= 4 is 67.6 Å². The van der Waals surface area contributed by atoms with Crippen molar-refractivity contribution < 1.29 is 9.47 Å². The Kier molecular flexibility index (Phi) is 8.73. The maximum Gasteiger partial charge on any atom is 0.257 e. The SMILES string of the molecule is C1=CC2C(N(c3ccccc3)c3cccc4ccccc34)=CC3=C(B4c5c(cccc5Oc5cc(N(c6ccccc6)c6cccc(-c7ccccc7)c6)c6ccccc6c54)O3)C2C=C1. The van der Waals surface area contributed by atoms with E-state index in [0.29, 0.717) is 0 Å². The molecule has 0 spiro atoms. The van der Waals surface area contributed by atoms with E-state index in [1.807, 2.05) is 0 Å². The first-order valence-electron chi connectivity index (χ1n) is 22.5. The van der Waals surface area contributed by atoms with E-state index >= 15 is 0 Å². The molecule has 2 aliphatic carbocycles. The molecule has 9 aromatic carbocycles. The van der Waals surface area contributed by atoms with Crippen LogP contribution >= 0.6 is 0 Å². The molecular formula is C60H41BN2O2. The lowest BCUT2D eigenvalue weighted by molar-refractivity contribution is 0.411. The van der Waals surface area contributed by atoms with Crippen LogP contribution in [0.4, 0.5) is 28.4 Å². The van der Waals surface area contributed by atoms with Gasteiger partial charge in [-0.05, 0) is 87.4 Å². The third-order valence-corrected chi connectivity index (χ3v) is 13.5. The molecule has 0 aromatic heterocycles. The second-order valence-corrected chi connectivity index (χ2v) is 17.1. The minimum atomic E-state index is -0.122. The zero-order chi connectivity index (χ0) is 42.8. The molecule has 65 heavy (non-hydrogen) atoms. The lowest BCUT2D eigenvalue weighted by Gasteiger charge is -2.44. The number of fused-ring (bicyclic) bond motifs is 8. The van der Waals surface area contributed by atoms with E-state index < -0.39 is 0 Å². The van der Waals surface area contributed by atoms with Gasteiger partial charge in [0.05, 0.1) is 11.4 Å². The molecule has 2 heterocycles. The van der Waals surface area contributed by atoms with Gasteiger partial charge in [-0.2, -0.15) is 0 Å². The lowest BCUT2D eigenvalue weighted by atomic mass is 9.31. The minimum absolute atomic E-state index is 0.00771. The van der Waals surface area contributed by atoms with Crippen molar-refractivity contribution in [1.29, 1.82) is 0 Å². The highest BCUT2D eigenvalue weighted by molar-refractivity contribution is 6.95.